The molecule has 2 heterocycles. The molecule has 2 unspecified atom stereocenters. The van der Waals surface area contributed by atoms with Gasteiger partial charge < -0.3 is 19.9 Å². The molecule has 0 radical (unpaired) electrons. The third kappa shape index (κ3) is 4.11. The quantitative estimate of drug-likeness (QED) is 0.469. The number of rotatable bonds is 5. The van der Waals surface area contributed by atoms with Crippen LogP contribution in [0.15, 0.2) is 36.4 Å². The summed E-state index contributed by atoms with van der Waals surface area (Å²) in [6.45, 7) is 4.38. The number of aryl methyl sites for hydroxylation is 1. The number of nitrogens with one attached hydrogen (secondary N) is 1. The molecule has 7 heteroatoms. The van der Waals surface area contributed by atoms with Crippen LogP contribution in [-0.4, -0.2) is 48.6 Å². The van der Waals surface area contributed by atoms with Crippen molar-refractivity contribution in [3.8, 4) is 5.75 Å². The number of benzene rings is 2. The zero-order valence-electron chi connectivity index (χ0n) is 19.7. The average Bonchev–Trinajstić information content (AvgIpc) is 3.00. The molecule has 0 aromatic heterocycles. The van der Waals surface area contributed by atoms with Gasteiger partial charge in [-0.2, -0.15) is 0 Å². The maximum atomic E-state index is 13.8. The summed E-state index contributed by atoms with van der Waals surface area (Å²) < 4.78 is 11.2. The largest absolute Gasteiger partial charge is 0.451 e. The standard InChI is InChI=1S/C27H33ClN2O4/c1-18-8-13-22-24(23(18)28)29-25(31)27(22,19-6-4-2-3-5-7-19)20-9-11-21(12-10-20)34-26(32)30-14-16-33-17-15-30/h8-13,19,26,32H,2-7,14-17H2,1H3,(H,29,31). The van der Waals surface area contributed by atoms with Gasteiger partial charge in [-0.3, -0.25) is 4.79 Å². The number of carbonyl (C=O) groups is 1. The molecule has 2 aliphatic heterocycles. The molecule has 1 amide bonds. The molecule has 0 spiro atoms. The van der Waals surface area contributed by atoms with Gasteiger partial charge in [0, 0.05) is 13.1 Å². The number of fused-ring (bicyclic) bond motifs is 1. The molecule has 0 bridgehead atoms. The summed E-state index contributed by atoms with van der Waals surface area (Å²) in [6, 6.07) is 11.8. The fourth-order valence-corrected chi connectivity index (χ4v) is 6.11. The Hall–Kier alpha value is -2.12. The van der Waals surface area contributed by atoms with Crippen LogP contribution in [0.25, 0.3) is 0 Å². The van der Waals surface area contributed by atoms with Gasteiger partial charge in [-0.1, -0.05) is 61.5 Å². The van der Waals surface area contributed by atoms with Crippen molar-refractivity contribution in [2.24, 2.45) is 5.92 Å². The molecule has 3 aliphatic rings. The molecule has 2 fully saturated rings. The zero-order chi connectivity index (χ0) is 23.7. The lowest BCUT2D eigenvalue weighted by Gasteiger charge is -2.36. The van der Waals surface area contributed by atoms with Crippen LogP contribution in [-0.2, 0) is 14.9 Å². The smallest absolute Gasteiger partial charge is 0.259 e. The Bertz CT molecular complexity index is 1030. The van der Waals surface area contributed by atoms with Gasteiger partial charge in [0.15, 0.2) is 0 Å². The molecule has 1 saturated carbocycles. The number of ether oxygens (including phenoxy) is 2. The van der Waals surface area contributed by atoms with Gasteiger partial charge in [0.25, 0.3) is 6.41 Å². The van der Waals surface area contributed by atoms with Gasteiger partial charge in [-0.15, -0.1) is 0 Å². The van der Waals surface area contributed by atoms with E-state index in [0.29, 0.717) is 37.1 Å². The molecule has 2 atom stereocenters. The van der Waals surface area contributed by atoms with Gasteiger partial charge in [0.2, 0.25) is 5.91 Å². The van der Waals surface area contributed by atoms with Crippen molar-refractivity contribution in [2.45, 2.75) is 57.3 Å². The van der Waals surface area contributed by atoms with Crippen molar-refractivity contribution in [2.75, 3.05) is 31.6 Å². The summed E-state index contributed by atoms with van der Waals surface area (Å²) in [7, 11) is 0. The Kier molecular flexibility index (Phi) is 6.85. The highest BCUT2D eigenvalue weighted by Crippen LogP contribution is 2.53. The van der Waals surface area contributed by atoms with E-state index in [2.05, 4.69) is 11.4 Å². The van der Waals surface area contributed by atoms with E-state index in [0.717, 1.165) is 48.1 Å². The number of halogens is 1. The van der Waals surface area contributed by atoms with Crippen LogP contribution in [0.1, 0.15) is 55.2 Å². The summed E-state index contributed by atoms with van der Waals surface area (Å²) >= 11 is 6.67. The summed E-state index contributed by atoms with van der Waals surface area (Å²) in [4.78, 5) is 15.7. The van der Waals surface area contributed by atoms with E-state index in [1.54, 1.807) is 0 Å². The number of hydrogen-bond donors (Lipinski definition) is 2. The van der Waals surface area contributed by atoms with Gasteiger partial charge in [0.1, 0.15) is 11.2 Å². The Morgan fingerprint density at radius 1 is 1.09 bits per heavy atom. The molecule has 2 aromatic carbocycles. The SMILES string of the molecule is Cc1ccc2c(c1Cl)NC(=O)C2(c1ccc(OC(O)N2CCOCC2)cc1)C1CCCCCC1. The van der Waals surface area contributed by atoms with Crippen LogP contribution >= 0.6 is 11.6 Å². The molecule has 1 saturated heterocycles. The highest BCUT2D eigenvalue weighted by molar-refractivity contribution is 6.35. The van der Waals surface area contributed by atoms with Gasteiger partial charge in [-0.05, 0) is 54.5 Å². The van der Waals surface area contributed by atoms with Crippen LogP contribution in [0.5, 0.6) is 5.75 Å². The first-order valence-corrected chi connectivity index (χ1v) is 12.8. The first-order valence-electron chi connectivity index (χ1n) is 12.4. The summed E-state index contributed by atoms with van der Waals surface area (Å²) in [5.41, 5.74) is 2.85. The van der Waals surface area contributed by atoms with Crippen molar-refractivity contribution in [1.29, 1.82) is 0 Å². The second-order valence-electron chi connectivity index (χ2n) is 9.69. The highest BCUT2D eigenvalue weighted by Gasteiger charge is 2.53. The Balaban J connectivity index is 1.51. The number of hydrogen-bond acceptors (Lipinski definition) is 5. The lowest BCUT2D eigenvalue weighted by Crippen LogP contribution is -2.46. The number of nitrogens with zero attached hydrogens (tertiary/aromatic N) is 1. The minimum absolute atomic E-state index is 0.00363. The number of aliphatic hydroxyl groups excluding tert-OH is 1. The lowest BCUT2D eigenvalue weighted by molar-refractivity contribution is -0.159. The van der Waals surface area contributed by atoms with Crippen LogP contribution in [0.4, 0.5) is 5.69 Å². The van der Waals surface area contributed by atoms with E-state index in [1.807, 2.05) is 42.2 Å². The fourth-order valence-electron chi connectivity index (χ4n) is 5.90. The van der Waals surface area contributed by atoms with E-state index in [9.17, 15) is 9.90 Å². The minimum atomic E-state index is -1.03. The van der Waals surface area contributed by atoms with Crippen LogP contribution in [0.2, 0.25) is 5.02 Å². The third-order valence-electron chi connectivity index (χ3n) is 7.73. The summed E-state index contributed by atoms with van der Waals surface area (Å²) in [5.74, 6) is 0.768. The van der Waals surface area contributed by atoms with E-state index in [1.165, 1.54) is 12.8 Å². The van der Waals surface area contributed by atoms with Gasteiger partial charge in [-0.25, -0.2) is 4.90 Å². The van der Waals surface area contributed by atoms with E-state index in [4.69, 9.17) is 21.1 Å². The number of aliphatic hydroxyl groups is 1. The fraction of sp³-hybridized carbons (Fsp3) is 0.519. The second-order valence-corrected chi connectivity index (χ2v) is 10.1. The maximum Gasteiger partial charge on any atom is 0.259 e. The highest BCUT2D eigenvalue weighted by atomic mass is 35.5. The first-order chi connectivity index (χ1) is 16.5. The van der Waals surface area contributed by atoms with Crippen LogP contribution < -0.4 is 10.1 Å². The normalized spacial score (nSPS) is 24.9. The van der Waals surface area contributed by atoms with Crippen molar-refractivity contribution in [3.05, 3.63) is 58.1 Å². The van der Waals surface area contributed by atoms with E-state index in [-0.39, 0.29) is 11.8 Å². The predicted octanol–water partition coefficient (Wildman–Crippen LogP) is 4.84. The first kappa shape index (κ1) is 23.6. The van der Waals surface area contributed by atoms with Crippen molar-refractivity contribution in [3.63, 3.8) is 0 Å². The number of carbonyl (C=O) groups excluding carboxylic acids is 1. The molecular weight excluding hydrogens is 452 g/mol. The molecule has 182 valence electrons. The van der Waals surface area contributed by atoms with E-state index >= 15 is 0 Å². The van der Waals surface area contributed by atoms with Crippen molar-refractivity contribution < 1.29 is 19.4 Å². The van der Waals surface area contributed by atoms with Crippen LogP contribution in [0.3, 0.4) is 0 Å². The topological polar surface area (TPSA) is 71.0 Å². The van der Waals surface area contributed by atoms with Crippen molar-refractivity contribution >= 4 is 23.2 Å². The van der Waals surface area contributed by atoms with Crippen LogP contribution in [0, 0.1) is 12.8 Å². The molecule has 5 rings (SSSR count). The summed E-state index contributed by atoms with van der Waals surface area (Å²) in [5, 5.41) is 14.3. The molecule has 6 nitrogen and oxygen atoms in total. The molecule has 2 N–H and O–H groups in total. The summed E-state index contributed by atoms with van der Waals surface area (Å²) in [6.07, 6.45) is 5.66. The third-order valence-corrected chi connectivity index (χ3v) is 8.22. The molecule has 1 aliphatic carbocycles. The molecular formula is C27H33ClN2O4. The van der Waals surface area contributed by atoms with Gasteiger partial charge in [0.05, 0.1) is 23.9 Å². The average molecular weight is 485 g/mol. The van der Waals surface area contributed by atoms with E-state index < -0.39 is 11.8 Å². The van der Waals surface area contributed by atoms with Crippen molar-refractivity contribution in [1.82, 2.24) is 4.90 Å². The Morgan fingerprint density at radius 2 is 1.76 bits per heavy atom. The number of anilines is 1. The number of amides is 1. The maximum absolute atomic E-state index is 13.8. The number of morpholine rings is 1. The minimum Gasteiger partial charge on any atom is -0.451 e. The lowest BCUT2D eigenvalue weighted by atomic mass is 9.64. The Labute approximate surface area is 206 Å². The molecule has 34 heavy (non-hydrogen) atoms. The monoisotopic (exact) mass is 484 g/mol. The molecule has 2 aromatic rings. The van der Waals surface area contributed by atoms with Gasteiger partial charge >= 0.3 is 0 Å². The second kappa shape index (κ2) is 9.86. The zero-order valence-corrected chi connectivity index (χ0v) is 20.4. The predicted molar refractivity (Wildman–Crippen MR) is 132 cm³/mol. The Morgan fingerprint density at radius 3 is 2.44 bits per heavy atom.